The number of nitrogens with zero attached hydrogens (tertiary/aromatic N) is 4. The van der Waals surface area contributed by atoms with Gasteiger partial charge in [0.05, 0.1) is 24.5 Å². The van der Waals surface area contributed by atoms with Gasteiger partial charge in [-0.2, -0.15) is 18.3 Å². The van der Waals surface area contributed by atoms with Crippen molar-refractivity contribution in [1.82, 2.24) is 19.7 Å². The van der Waals surface area contributed by atoms with Gasteiger partial charge in [-0.15, -0.1) is 0 Å². The maximum atomic E-state index is 12.1. The van der Waals surface area contributed by atoms with Gasteiger partial charge < -0.3 is 20.4 Å². The van der Waals surface area contributed by atoms with Crippen molar-refractivity contribution >= 4 is 34.3 Å². The number of aromatic nitrogens is 3. The Morgan fingerprint density at radius 2 is 1.79 bits per heavy atom. The third-order valence-electron chi connectivity index (χ3n) is 3.98. The summed E-state index contributed by atoms with van der Waals surface area (Å²) in [6.45, 7) is 0.893. The molecule has 33 heavy (non-hydrogen) atoms. The van der Waals surface area contributed by atoms with Crippen molar-refractivity contribution in [2.75, 3.05) is 31.3 Å². The lowest BCUT2D eigenvalue weighted by molar-refractivity contribution is -0.192. The van der Waals surface area contributed by atoms with E-state index in [1.54, 1.807) is 17.1 Å². The highest BCUT2D eigenvalue weighted by Crippen LogP contribution is 2.16. The van der Waals surface area contributed by atoms with Crippen molar-refractivity contribution < 1.29 is 33.0 Å². The van der Waals surface area contributed by atoms with Crippen molar-refractivity contribution in [3.63, 3.8) is 0 Å². The van der Waals surface area contributed by atoms with E-state index in [0.29, 0.717) is 24.6 Å². The Kier molecular flexibility index (Phi) is 8.70. The van der Waals surface area contributed by atoms with Crippen LogP contribution in [0.4, 0.5) is 29.5 Å². The number of carboxylic acid groups (broad SMARTS) is 1. The highest BCUT2D eigenvalue weighted by Gasteiger charge is 2.38. The van der Waals surface area contributed by atoms with Crippen LogP contribution in [-0.2, 0) is 11.3 Å². The largest absolute Gasteiger partial charge is 0.490 e. The maximum absolute atomic E-state index is 12.1. The molecule has 2 heterocycles. The van der Waals surface area contributed by atoms with Crippen LogP contribution in [0, 0.1) is 0 Å². The Morgan fingerprint density at radius 3 is 2.39 bits per heavy atom. The number of aliphatic hydroxyl groups excluding tert-OH is 1. The molecule has 0 aliphatic carbocycles. The molecule has 1 atom stereocenters. The van der Waals surface area contributed by atoms with Gasteiger partial charge in [0.1, 0.15) is 5.82 Å². The maximum Gasteiger partial charge on any atom is 0.490 e. The molecule has 1 unspecified atom stereocenters. The quantitative estimate of drug-likeness (QED) is 0.437. The molecular formula is C20H23F3N6O4. The first-order valence-electron chi connectivity index (χ1n) is 9.52. The molecule has 3 rings (SSSR count). The second kappa shape index (κ2) is 11.2. The van der Waals surface area contributed by atoms with Crippen LogP contribution >= 0.6 is 0 Å². The minimum Gasteiger partial charge on any atom is -0.475 e. The summed E-state index contributed by atoms with van der Waals surface area (Å²) in [5.74, 6) is -2.29. The third kappa shape index (κ3) is 8.74. The van der Waals surface area contributed by atoms with Crippen molar-refractivity contribution in [2.45, 2.75) is 18.8 Å². The second-order valence-electron chi connectivity index (χ2n) is 7.17. The number of pyridine rings is 1. The van der Waals surface area contributed by atoms with Gasteiger partial charge >= 0.3 is 18.2 Å². The fourth-order valence-corrected chi connectivity index (χ4v) is 2.65. The van der Waals surface area contributed by atoms with Crippen LogP contribution in [0.25, 0.3) is 10.8 Å². The Labute approximate surface area is 186 Å². The van der Waals surface area contributed by atoms with E-state index in [1.165, 1.54) is 6.20 Å². The van der Waals surface area contributed by atoms with Crippen molar-refractivity contribution in [2.24, 2.45) is 0 Å². The molecule has 0 aliphatic heterocycles. The highest BCUT2D eigenvalue weighted by molar-refractivity contribution is 6.00. The topological polar surface area (TPSA) is 133 Å². The Bertz CT molecular complexity index is 1090. The number of hydrogen-bond donors (Lipinski definition) is 4. The van der Waals surface area contributed by atoms with Crippen LogP contribution in [0.5, 0.6) is 0 Å². The summed E-state index contributed by atoms with van der Waals surface area (Å²) in [5.41, 5.74) is 0.542. The molecule has 0 saturated carbocycles. The molecule has 0 radical (unpaired) electrons. The first-order chi connectivity index (χ1) is 15.4. The van der Waals surface area contributed by atoms with Gasteiger partial charge in [-0.3, -0.25) is 10.00 Å². The summed E-state index contributed by atoms with van der Waals surface area (Å²) in [4.78, 5) is 27.2. The van der Waals surface area contributed by atoms with Gasteiger partial charge in [-0.1, -0.05) is 24.3 Å². The molecule has 4 N–H and O–H groups in total. The zero-order valence-electron chi connectivity index (χ0n) is 17.7. The number of halogens is 3. The lowest BCUT2D eigenvalue weighted by atomic mass is 10.2. The van der Waals surface area contributed by atoms with Crippen molar-refractivity contribution in [1.29, 1.82) is 0 Å². The zero-order chi connectivity index (χ0) is 24.6. The monoisotopic (exact) mass is 468 g/mol. The van der Waals surface area contributed by atoms with Gasteiger partial charge in [-0.25, -0.2) is 14.6 Å². The fraction of sp³-hybridized carbons (Fsp3) is 0.300. The first kappa shape index (κ1) is 25.5. The average molecular weight is 468 g/mol. The minimum atomic E-state index is -5.08. The summed E-state index contributed by atoms with van der Waals surface area (Å²) < 4.78 is 33.3. The number of carbonyl (C=O) groups is 2. The number of benzene rings is 1. The van der Waals surface area contributed by atoms with Gasteiger partial charge in [0.15, 0.2) is 0 Å². The molecular weight excluding hydrogens is 445 g/mol. The molecule has 0 spiro atoms. The van der Waals surface area contributed by atoms with E-state index in [4.69, 9.17) is 9.90 Å². The number of fused-ring (bicyclic) bond motifs is 1. The number of amides is 2. The number of carboxylic acids is 1. The fourth-order valence-electron chi connectivity index (χ4n) is 2.65. The number of likely N-dealkylation sites (N-methyl/N-ethyl adjacent to an activating group) is 1. The van der Waals surface area contributed by atoms with E-state index >= 15 is 0 Å². The molecule has 0 bridgehead atoms. The van der Waals surface area contributed by atoms with Crippen molar-refractivity contribution in [3.8, 4) is 0 Å². The number of anilines is 2. The second-order valence-corrected chi connectivity index (χ2v) is 7.17. The normalized spacial score (nSPS) is 12.1. The molecule has 2 aromatic heterocycles. The average Bonchev–Trinajstić information content (AvgIpc) is 3.13. The molecule has 0 fully saturated rings. The summed E-state index contributed by atoms with van der Waals surface area (Å²) in [6.07, 6.45) is -0.689. The summed E-state index contributed by atoms with van der Waals surface area (Å²) in [5, 5.41) is 28.6. The standard InChI is InChI=1S/C18H22N6O2.C2HF3O2/c1-23(2)11-16(25)12-24-10-15(9-20-24)21-18(26)22-17-7-13-5-3-4-6-14(13)8-19-17;3-2(4,5)1(6)7/h3-10,16,25H,11-12H2,1-2H3,(H2,19,21,22,26);(H,6,7). The Morgan fingerprint density at radius 1 is 1.15 bits per heavy atom. The van der Waals surface area contributed by atoms with Gasteiger partial charge in [0.2, 0.25) is 0 Å². The van der Waals surface area contributed by atoms with Gasteiger partial charge in [0.25, 0.3) is 0 Å². The molecule has 0 saturated heterocycles. The lowest BCUT2D eigenvalue weighted by Gasteiger charge is -2.15. The van der Waals surface area contributed by atoms with Crippen LogP contribution in [0.15, 0.2) is 48.9 Å². The molecule has 178 valence electrons. The molecule has 1 aromatic carbocycles. The number of aliphatic hydroxyl groups is 1. The molecule has 13 heteroatoms. The first-order valence-corrected chi connectivity index (χ1v) is 9.52. The third-order valence-corrected chi connectivity index (χ3v) is 3.98. The van der Waals surface area contributed by atoms with Crippen LogP contribution in [-0.4, -0.2) is 74.8 Å². The predicted octanol–water partition coefficient (Wildman–Crippen LogP) is 2.63. The summed E-state index contributed by atoms with van der Waals surface area (Å²) >= 11 is 0. The van der Waals surface area contributed by atoms with Gasteiger partial charge in [-0.05, 0) is 25.5 Å². The van der Waals surface area contributed by atoms with E-state index < -0.39 is 24.3 Å². The number of nitrogens with one attached hydrogen (secondary N) is 2. The van der Waals surface area contributed by atoms with E-state index in [2.05, 4.69) is 20.7 Å². The Hall–Kier alpha value is -3.71. The number of urea groups is 1. The van der Waals surface area contributed by atoms with E-state index in [0.717, 1.165) is 10.8 Å². The number of carbonyl (C=O) groups excluding carboxylic acids is 1. The molecule has 3 aromatic rings. The number of rotatable bonds is 6. The number of alkyl halides is 3. The predicted molar refractivity (Wildman–Crippen MR) is 115 cm³/mol. The van der Waals surface area contributed by atoms with Crippen LogP contribution in [0.3, 0.4) is 0 Å². The smallest absolute Gasteiger partial charge is 0.475 e. The van der Waals surface area contributed by atoms with Crippen LogP contribution in [0.2, 0.25) is 0 Å². The molecule has 10 nitrogen and oxygen atoms in total. The highest BCUT2D eigenvalue weighted by atomic mass is 19.4. The van der Waals surface area contributed by atoms with Gasteiger partial charge in [0, 0.05) is 24.3 Å². The van der Waals surface area contributed by atoms with E-state index in [9.17, 15) is 23.1 Å². The minimum absolute atomic E-state index is 0.355. The number of aliphatic carboxylic acids is 1. The number of hydrogen-bond acceptors (Lipinski definition) is 6. The molecule has 0 aliphatic rings. The molecule has 2 amide bonds. The summed E-state index contributed by atoms with van der Waals surface area (Å²) in [7, 11) is 3.79. The van der Waals surface area contributed by atoms with Crippen molar-refractivity contribution in [3.05, 3.63) is 48.9 Å². The summed E-state index contributed by atoms with van der Waals surface area (Å²) in [6, 6.07) is 9.22. The van der Waals surface area contributed by atoms with Crippen LogP contribution < -0.4 is 10.6 Å². The van der Waals surface area contributed by atoms with E-state index in [-0.39, 0.29) is 0 Å². The zero-order valence-corrected chi connectivity index (χ0v) is 17.7. The van der Waals surface area contributed by atoms with Crippen LogP contribution in [0.1, 0.15) is 0 Å². The SMILES string of the molecule is CN(C)CC(O)Cn1cc(NC(=O)Nc2cc3ccccc3cn2)cn1.O=C(O)C(F)(F)F. The Balaban J connectivity index is 0.000000479. The van der Waals surface area contributed by atoms with E-state index in [1.807, 2.05) is 49.3 Å². The lowest BCUT2D eigenvalue weighted by Crippen LogP contribution is -2.29.